The standard InChI is InChI=1S/C9H7.C5H5.C2H7Si.2HI.Zr/c1-2-5-9-7-3-6-8(9)4-1;1-2-4-5-3-1;1-3-2;;;/h1-7H;1-3H,4H2;3H,1-2H3;2*1H;/q;;;;;+2/p-2. The average molecular weight is 584 g/mol. The molecule has 105 valence electrons. The van der Waals surface area contributed by atoms with E-state index in [-0.39, 0.29) is 48.0 Å². The summed E-state index contributed by atoms with van der Waals surface area (Å²) < 4.78 is 2.67. The summed E-state index contributed by atoms with van der Waals surface area (Å²) in [5, 5.41) is 0. The minimum absolute atomic E-state index is 0. The summed E-state index contributed by atoms with van der Waals surface area (Å²) in [6.07, 6.45) is 13.2. The second-order valence-corrected chi connectivity index (χ2v) is 25.3. The first-order valence-electron chi connectivity index (χ1n) is 6.77. The maximum Gasteiger partial charge on any atom is -1.00 e. The van der Waals surface area contributed by atoms with Gasteiger partial charge < -0.3 is 48.0 Å². The third-order valence-corrected chi connectivity index (χ3v) is 24.3. The Kier molecular flexibility index (Phi) is 8.18. The van der Waals surface area contributed by atoms with Gasteiger partial charge in [0.05, 0.1) is 0 Å². The summed E-state index contributed by atoms with van der Waals surface area (Å²) in [5.74, 6) is -0.513. The van der Waals surface area contributed by atoms with Crippen molar-refractivity contribution in [2.24, 2.45) is 0 Å². The maximum absolute atomic E-state index is 2.57. The molecule has 0 N–H and O–H groups in total. The van der Waals surface area contributed by atoms with Gasteiger partial charge >= 0.3 is 119 Å². The van der Waals surface area contributed by atoms with E-state index in [9.17, 15) is 0 Å². The van der Waals surface area contributed by atoms with E-state index < -0.39 is 26.8 Å². The molecule has 0 fully saturated rings. The van der Waals surface area contributed by atoms with Crippen molar-refractivity contribution in [1.29, 1.82) is 0 Å². The van der Waals surface area contributed by atoms with Crippen LogP contribution in [0.25, 0.3) is 6.08 Å². The first-order valence-corrected chi connectivity index (χ1v) is 16.6. The van der Waals surface area contributed by atoms with Crippen molar-refractivity contribution in [2.45, 2.75) is 23.1 Å². The van der Waals surface area contributed by atoms with Crippen molar-refractivity contribution in [1.82, 2.24) is 0 Å². The minimum atomic E-state index is -1.45. The largest absolute Gasteiger partial charge is 1.00 e. The van der Waals surface area contributed by atoms with Gasteiger partial charge in [-0.15, -0.1) is 0 Å². The molecule has 0 saturated carbocycles. The predicted octanol–water partition coefficient (Wildman–Crippen LogP) is -1.79. The molecule has 4 heteroatoms. The van der Waals surface area contributed by atoms with Crippen molar-refractivity contribution >= 4 is 12.0 Å². The zero-order valence-corrected chi connectivity index (χ0v) is 19.7. The quantitative estimate of drug-likeness (QED) is 0.291. The number of benzene rings is 1. The Balaban J connectivity index is 0.000001000. The number of fused-ring (bicyclic) bond motifs is 1. The number of hydrogen-bond donors (Lipinski definition) is 0. The topological polar surface area (TPSA) is 0 Å². The Labute approximate surface area is 165 Å². The van der Waals surface area contributed by atoms with Gasteiger partial charge in [-0.05, 0) is 0 Å². The molecule has 2 aliphatic carbocycles. The molecule has 0 nitrogen and oxygen atoms in total. The van der Waals surface area contributed by atoms with Gasteiger partial charge in [-0.3, -0.25) is 0 Å². The summed E-state index contributed by atoms with van der Waals surface area (Å²) in [5.41, 5.74) is 3.10. The van der Waals surface area contributed by atoms with Crippen molar-refractivity contribution in [2.75, 3.05) is 0 Å². The third kappa shape index (κ3) is 3.85. The van der Waals surface area contributed by atoms with Crippen LogP contribution in [-0.4, -0.2) is 5.92 Å². The fraction of sp³-hybridized carbons (Fsp3) is 0.250. The molecule has 0 heterocycles. The van der Waals surface area contributed by atoms with Crippen LogP contribution >= 0.6 is 0 Å². The van der Waals surface area contributed by atoms with Crippen LogP contribution in [0.1, 0.15) is 21.2 Å². The van der Waals surface area contributed by atoms with Gasteiger partial charge in [-0.1, -0.05) is 0 Å². The van der Waals surface area contributed by atoms with E-state index in [1.807, 2.05) is 3.28 Å². The van der Waals surface area contributed by atoms with Crippen molar-refractivity contribution < 1.29 is 68.9 Å². The van der Waals surface area contributed by atoms with E-state index in [1.54, 1.807) is 5.56 Å². The van der Waals surface area contributed by atoms with Crippen LogP contribution in [0.2, 0.25) is 13.1 Å². The molecule has 1 aromatic carbocycles. The molecule has 0 aromatic heterocycles. The van der Waals surface area contributed by atoms with Gasteiger partial charge in [0, 0.05) is 0 Å². The molecular formula is C16H19I2SiZr. The molecule has 0 aliphatic heterocycles. The van der Waals surface area contributed by atoms with Gasteiger partial charge in [-0.2, -0.15) is 0 Å². The molecule has 0 bridgehead atoms. The van der Waals surface area contributed by atoms with Crippen LogP contribution in [0.15, 0.2) is 51.9 Å². The van der Waals surface area contributed by atoms with Crippen molar-refractivity contribution in [3.63, 3.8) is 0 Å². The van der Waals surface area contributed by atoms with Gasteiger partial charge in [-0.25, -0.2) is 0 Å². The Morgan fingerprint density at radius 1 is 1.15 bits per heavy atom. The number of allylic oxidation sites excluding steroid dienone is 5. The first-order chi connectivity index (χ1) is 8.77. The van der Waals surface area contributed by atoms with E-state index in [0.29, 0.717) is 0 Å². The van der Waals surface area contributed by atoms with Crippen molar-refractivity contribution in [3.05, 3.63) is 63.0 Å². The second-order valence-electron chi connectivity index (χ2n) is 5.40. The maximum atomic E-state index is 2.57. The molecule has 3 rings (SSSR count). The van der Waals surface area contributed by atoms with Crippen LogP contribution in [0, 0.1) is 0 Å². The van der Waals surface area contributed by atoms with Crippen molar-refractivity contribution in [3.8, 4) is 0 Å². The summed E-state index contributed by atoms with van der Waals surface area (Å²) in [4.78, 5) is 0. The van der Waals surface area contributed by atoms with Gasteiger partial charge in [0.1, 0.15) is 0 Å². The Hall–Kier alpha value is 1.000. The zero-order valence-electron chi connectivity index (χ0n) is 11.8. The molecule has 0 radical (unpaired) electrons. The molecule has 0 amide bonds. The molecule has 1 unspecified atom stereocenters. The predicted molar refractivity (Wildman–Crippen MR) is 78.9 cm³/mol. The SMILES string of the molecule is C[SiH](C)[Zr+2]([C]1=CC=CC1)[CH]1C=Cc2ccccc21.[I-].[I-]. The fourth-order valence-electron chi connectivity index (χ4n) is 3.11. The van der Waals surface area contributed by atoms with Crippen LogP contribution in [0.5, 0.6) is 0 Å². The fourth-order valence-corrected chi connectivity index (χ4v) is 23.1. The van der Waals surface area contributed by atoms with E-state index in [1.165, 1.54) is 12.0 Å². The molecule has 20 heavy (non-hydrogen) atoms. The summed E-state index contributed by atoms with van der Waals surface area (Å²) in [7, 11) is 0. The van der Waals surface area contributed by atoms with Gasteiger partial charge in [0.15, 0.2) is 0 Å². The molecule has 1 aromatic rings. The van der Waals surface area contributed by atoms with Crippen LogP contribution in [0.4, 0.5) is 0 Å². The minimum Gasteiger partial charge on any atom is -1.00 e. The van der Waals surface area contributed by atoms with E-state index >= 15 is 0 Å². The number of halogens is 2. The van der Waals surface area contributed by atoms with Crippen LogP contribution in [-0.2, 0) is 20.9 Å². The Morgan fingerprint density at radius 3 is 2.55 bits per heavy atom. The number of rotatable bonds is 3. The van der Waals surface area contributed by atoms with E-state index in [4.69, 9.17) is 0 Å². The van der Waals surface area contributed by atoms with Crippen LogP contribution < -0.4 is 48.0 Å². The zero-order chi connectivity index (χ0) is 12.5. The third-order valence-electron chi connectivity index (χ3n) is 3.90. The normalized spacial score (nSPS) is 18.4. The summed E-state index contributed by atoms with van der Waals surface area (Å²) in [6.45, 7) is 5.14. The molecule has 0 saturated heterocycles. The smallest absolute Gasteiger partial charge is 1.00 e. The second kappa shape index (κ2) is 8.59. The molecular weight excluding hydrogens is 565 g/mol. The molecule has 1 atom stereocenters. The molecule has 2 aliphatic rings. The number of hydrogen-bond acceptors (Lipinski definition) is 0. The Bertz CT molecular complexity index is 549. The van der Waals surface area contributed by atoms with Crippen LogP contribution in [0.3, 0.4) is 0 Å². The summed E-state index contributed by atoms with van der Waals surface area (Å²) in [6, 6.07) is 9.01. The average Bonchev–Trinajstić information content (AvgIpc) is 3.00. The monoisotopic (exact) mass is 583 g/mol. The summed E-state index contributed by atoms with van der Waals surface area (Å²) >= 11 is -1.45. The Morgan fingerprint density at radius 2 is 1.90 bits per heavy atom. The van der Waals surface area contributed by atoms with Gasteiger partial charge in [0.2, 0.25) is 0 Å². The van der Waals surface area contributed by atoms with E-state index in [2.05, 4.69) is 67.7 Å². The van der Waals surface area contributed by atoms with E-state index in [0.717, 1.165) is 3.63 Å². The van der Waals surface area contributed by atoms with Gasteiger partial charge in [0.25, 0.3) is 0 Å². The first kappa shape index (κ1) is 19.0. The molecule has 0 spiro atoms.